The Morgan fingerprint density at radius 1 is 1.21 bits per heavy atom. The SMILES string of the molecule is CCCO[C@@H]1[C@H](O)[C@@H](O)[C@H](C)O[C@H]1O. The Morgan fingerprint density at radius 2 is 1.86 bits per heavy atom. The lowest BCUT2D eigenvalue weighted by molar-refractivity contribution is -0.288. The molecule has 0 aromatic heterocycles. The first kappa shape index (κ1) is 11.9. The lowest BCUT2D eigenvalue weighted by atomic mass is 10.00. The number of ether oxygens (including phenoxy) is 2. The summed E-state index contributed by atoms with van der Waals surface area (Å²) in [6.07, 6.45) is -3.94. The van der Waals surface area contributed by atoms with Crippen LogP contribution in [0.1, 0.15) is 20.3 Å². The highest BCUT2D eigenvalue weighted by atomic mass is 16.7. The van der Waals surface area contributed by atoms with Crippen molar-refractivity contribution < 1.29 is 24.8 Å². The molecule has 14 heavy (non-hydrogen) atoms. The molecule has 0 spiro atoms. The van der Waals surface area contributed by atoms with E-state index in [1.165, 1.54) is 0 Å². The predicted octanol–water partition coefficient (Wildman–Crippen LogP) is -0.760. The maximum atomic E-state index is 9.59. The van der Waals surface area contributed by atoms with Gasteiger partial charge in [0.05, 0.1) is 6.10 Å². The first-order valence-electron chi connectivity index (χ1n) is 4.89. The molecule has 5 atom stereocenters. The zero-order valence-electron chi connectivity index (χ0n) is 8.46. The van der Waals surface area contributed by atoms with E-state index in [4.69, 9.17) is 9.47 Å². The van der Waals surface area contributed by atoms with Gasteiger partial charge >= 0.3 is 0 Å². The Labute approximate surface area is 83.3 Å². The van der Waals surface area contributed by atoms with Crippen LogP contribution in [-0.4, -0.2) is 52.6 Å². The molecule has 84 valence electrons. The zero-order valence-corrected chi connectivity index (χ0v) is 8.46. The van der Waals surface area contributed by atoms with E-state index in [-0.39, 0.29) is 0 Å². The summed E-state index contributed by atoms with van der Waals surface area (Å²) in [5.41, 5.74) is 0. The molecule has 1 fully saturated rings. The normalized spacial score (nSPS) is 43.9. The summed E-state index contributed by atoms with van der Waals surface area (Å²) in [5, 5.41) is 28.5. The topological polar surface area (TPSA) is 79.2 Å². The van der Waals surface area contributed by atoms with Crippen LogP contribution in [0, 0.1) is 0 Å². The summed E-state index contributed by atoms with van der Waals surface area (Å²) in [5.74, 6) is 0. The Morgan fingerprint density at radius 3 is 2.43 bits per heavy atom. The van der Waals surface area contributed by atoms with Crippen LogP contribution in [0.25, 0.3) is 0 Å². The first-order chi connectivity index (χ1) is 6.57. The van der Waals surface area contributed by atoms with E-state index >= 15 is 0 Å². The number of hydrogen-bond donors (Lipinski definition) is 3. The van der Waals surface area contributed by atoms with Crippen molar-refractivity contribution in [2.75, 3.05) is 6.61 Å². The van der Waals surface area contributed by atoms with Gasteiger partial charge in [0.25, 0.3) is 0 Å². The van der Waals surface area contributed by atoms with Gasteiger partial charge in [0.1, 0.15) is 18.3 Å². The molecule has 0 amide bonds. The first-order valence-corrected chi connectivity index (χ1v) is 4.89. The number of aliphatic hydroxyl groups is 3. The number of aliphatic hydroxyl groups excluding tert-OH is 3. The maximum Gasteiger partial charge on any atom is 0.184 e. The van der Waals surface area contributed by atoms with Crippen LogP contribution in [0.3, 0.4) is 0 Å². The van der Waals surface area contributed by atoms with Gasteiger partial charge in [-0.15, -0.1) is 0 Å². The minimum Gasteiger partial charge on any atom is -0.388 e. The average molecular weight is 206 g/mol. The minimum atomic E-state index is -1.17. The molecule has 5 nitrogen and oxygen atoms in total. The highest BCUT2D eigenvalue weighted by Crippen LogP contribution is 2.21. The van der Waals surface area contributed by atoms with Crippen LogP contribution in [0.4, 0.5) is 0 Å². The van der Waals surface area contributed by atoms with Crippen LogP contribution < -0.4 is 0 Å². The van der Waals surface area contributed by atoms with E-state index in [0.717, 1.165) is 6.42 Å². The molecule has 5 heteroatoms. The fourth-order valence-corrected chi connectivity index (χ4v) is 1.45. The molecule has 3 N–H and O–H groups in total. The molecule has 0 bridgehead atoms. The molecule has 1 rings (SSSR count). The van der Waals surface area contributed by atoms with Crippen molar-refractivity contribution in [1.82, 2.24) is 0 Å². The van der Waals surface area contributed by atoms with Gasteiger partial charge < -0.3 is 24.8 Å². The fraction of sp³-hybridized carbons (Fsp3) is 1.00. The van der Waals surface area contributed by atoms with Crippen molar-refractivity contribution in [3.05, 3.63) is 0 Å². The van der Waals surface area contributed by atoms with Crippen molar-refractivity contribution in [2.24, 2.45) is 0 Å². The highest BCUT2D eigenvalue weighted by molar-refractivity contribution is 4.87. The lowest BCUT2D eigenvalue weighted by Crippen LogP contribution is -2.57. The molecule has 1 heterocycles. The fourth-order valence-electron chi connectivity index (χ4n) is 1.45. The van der Waals surface area contributed by atoms with E-state index in [0.29, 0.717) is 6.61 Å². The smallest absolute Gasteiger partial charge is 0.184 e. The van der Waals surface area contributed by atoms with E-state index in [2.05, 4.69) is 0 Å². The van der Waals surface area contributed by atoms with E-state index in [1.54, 1.807) is 6.92 Å². The lowest BCUT2D eigenvalue weighted by Gasteiger charge is -2.39. The van der Waals surface area contributed by atoms with Crippen LogP contribution in [0.5, 0.6) is 0 Å². The van der Waals surface area contributed by atoms with Crippen molar-refractivity contribution >= 4 is 0 Å². The number of hydrogen-bond acceptors (Lipinski definition) is 5. The van der Waals surface area contributed by atoms with Gasteiger partial charge in [-0.3, -0.25) is 0 Å². The van der Waals surface area contributed by atoms with Crippen LogP contribution in [0.2, 0.25) is 0 Å². The average Bonchev–Trinajstić information content (AvgIpc) is 2.14. The molecule has 1 aliphatic heterocycles. The second-order valence-electron chi connectivity index (χ2n) is 3.55. The standard InChI is InChI=1S/C9H18O5/c1-3-4-13-8-7(11)6(10)5(2)14-9(8)12/h5-12H,3-4H2,1-2H3/t5-,6-,7+,8+,9+/m0/s1. The van der Waals surface area contributed by atoms with Gasteiger partial charge in [0, 0.05) is 6.61 Å². The third-order valence-electron chi connectivity index (χ3n) is 2.32. The van der Waals surface area contributed by atoms with E-state index < -0.39 is 30.7 Å². The maximum absolute atomic E-state index is 9.59. The predicted molar refractivity (Wildman–Crippen MR) is 48.6 cm³/mol. The molecular weight excluding hydrogens is 188 g/mol. The summed E-state index contributed by atoms with van der Waals surface area (Å²) in [4.78, 5) is 0. The molecule has 0 aromatic carbocycles. The molecule has 0 saturated carbocycles. The molecule has 0 radical (unpaired) electrons. The zero-order chi connectivity index (χ0) is 10.7. The second kappa shape index (κ2) is 5.04. The Bertz CT molecular complexity index is 175. The second-order valence-corrected chi connectivity index (χ2v) is 3.55. The third-order valence-corrected chi connectivity index (χ3v) is 2.32. The van der Waals surface area contributed by atoms with Crippen molar-refractivity contribution in [3.8, 4) is 0 Å². The van der Waals surface area contributed by atoms with Gasteiger partial charge in [0.2, 0.25) is 0 Å². The Kier molecular flexibility index (Phi) is 4.28. The van der Waals surface area contributed by atoms with E-state index in [9.17, 15) is 15.3 Å². The molecule has 0 aromatic rings. The third kappa shape index (κ3) is 2.43. The van der Waals surface area contributed by atoms with Gasteiger partial charge in [-0.05, 0) is 13.3 Å². The van der Waals surface area contributed by atoms with Gasteiger partial charge in [0.15, 0.2) is 6.29 Å². The van der Waals surface area contributed by atoms with Gasteiger partial charge in [-0.25, -0.2) is 0 Å². The summed E-state index contributed by atoms with van der Waals surface area (Å²) in [7, 11) is 0. The Hall–Kier alpha value is -0.200. The van der Waals surface area contributed by atoms with Crippen molar-refractivity contribution in [3.63, 3.8) is 0 Å². The minimum absolute atomic E-state index is 0.420. The van der Waals surface area contributed by atoms with Crippen LogP contribution in [-0.2, 0) is 9.47 Å². The summed E-state index contributed by atoms with van der Waals surface area (Å²) >= 11 is 0. The summed E-state index contributed by atoms with van der Waals surface area (Å²) in [6.45, 7) is 3.93. The van der Waals surface area contributed by atoms with Crippen molar-refractivity contribution in [1.29, 1.82) is 0 Å². The molecule has 0 aliphatic carbocycles. The van der Waals surface area contributed by atoms with Crippen molar-refractivity contribution in [2.45, 2.75) is 51.0 Å². The van der Waals surface area contributed by atoms with Gasteiger partial charge in [-0.2, -0.15) is 0 Å². The molecule has 1 saturated heterocycles. The molecule has 1 aliphatic rings. The Balaban J connectivity index is 2.55. The van der Waals surface area contributed by atoms with Crippen LogP contribution in [0.15, 0.2) is 0 Å². The molecule has 0 unspecified atom stereocenters. The van der Waals surface area contributed by atoms with Gasteiger partial charge in [-0.1, -0.05) is 6.92 Å². The largest absolute Gasteiger partial charge is 0.388 e. The summed E-state index contributed by atoms with van der Waals surface area (Å²) in [6, 6.07) is 0. The monoisotopic (exact) mass is 206 g/mol. The highest BCUT2D eigenvalue weighted by Gasteiger charge is 2.42. The molecular formula is C9H18O5. The summed E-state index contributed by atoms with van der Waals surface area (Å²) < 4.78 is 10.2. The quantitative estimate of drug-likeness (QED) is 0.565. The number of rotatable bonds is 3. The van der Waals surface area contributed by atoms with E-state index in [1.807, 2.05) is 6.92 Å². The van der Waals surface area contributed by atoms with Crippen LogP contribution >= 0.6 is 0 Å².